The van der Waals surface area contributed by atoms with E-state index in [0.717, 1.165) is 11.4 Å². The summed E-state index contributed by atoms with van der Waals surface area (Å²) in [5, 5.41) is 1.47. The van der Waals surface area contributed by atoms with Crippen LogP contribution in [-0.4, -0.2) is 17.8 Å². The summed E-state index contributed by atoms with van der Waals surface area (Å²) < 4.78 is 5.94. The number of nitrogens with zero attached hydrogens (tertiary/aromatic N) is 2. The van der Waals surface area contributed by atoms with Gasteiger partial charge in [0.25, 0.3) is 5.91 Å². The number of hydrogen-bond acceptors (Lipinski definition) is 3. The van der Waals surface area contributed by atoms with Gasteiger partial charge in [-0.05, 0) is 36.4 Å². The number of rotatable bonds is 4. The second-order valence-electron chi connectivity index (χ2n) is 5.76. The van der Waals surface area contributed by atoms with Gasteiger partial charge in [0.1, 0.15) is 5.75 Å². The van der Waals surface area contributed by atoms with Gasteiger partial charge in [0.2, 0.25) is 6.10 Å². The zero-order chi connectivity index (χ0) is 17.8. The van der Waals surface area contributed by atoms with Crippen LogP contribution in [0.3, 0.4) is 0 Å². The Hall–Kier alpha value is -3.60. The molecule has 0 radical (unpaired) electrons. The maximum atomic E-state index is 13.0. The van der Waals surface area contributed by atoms with Gasteiger partial charge in [0.15, 0.2) is 5.84 Å². The number of hydrazine groups is 1. The average Bonchev–Trinajstić information content (AvgIpc) is 3.00. The van der Waals surface area contributed by atoms with Crippen molar-refractivity contribution in [3.05, 3.63) is 91.0 Å². The largest absolute Gasteiger partial charge is 0.472 e. The topological polar surface area (TPSA) is 53.9 Å². The first-order chi connectivity index (χ1) is 12.8. The summed E-state index contributed by atoms with van der Waals surface area (Å²) in [6, 6.07) is 28.1. The molecule has 1 fully saturated rings. The molecule has 1 N–H and O–H groups in total. The second kappa shape index (κ2) is 7.11. The third-order valence-corrected chi connectivity index (χ3v) is 3.94. The first-order valence-corrected chi connectivity index (χ1v) is 8.32. The molecule has 5 heteroatoms. The summed E-state index contributed by atoms with van der Waals surface area (Å²) in [7, 11) is 0. The Labute approximate surface area is 151 Å². The van der Waals surface area contributed by atoms with Crippen LogP contribution < -0.4 is 15.2 Å². The smallest absolute Gasteiger partial charge is 0.294 e. The van der Waals surface area contributed by atoms with Gasteiger partial charge in [-0.2, -0.15) is 0 Å². The third kappa shape index (κ3) is 3.28. The van der Waals surface area contributed by atoms with Crippen molar-refractivity contribution in [1.29, 1.82) is 0 Å². The minimum absolute atomic E-state index is 0.213. The standard InChI is InChI=1S/C21H17N3O2/c25-21-19(26-18-14-8-3-9-15-18)20(22-16-10-4-1-5-11-16)23-24(21)17-12-6-2-7-13-17/h1-15,19H,(H,22,23). The molecule has 0 spiro atoms. The third-order valence-electron chi connectivity index (χ3n) is 3.94. The molecule has 0 aromatic heterocycles. The van der Waals surface area contributed by atoms with E-state index in [9.17, 15) is 4.79 Å². The number of amides is 1. The number of aliphatic imine (C=N–C) groups is 1. The van der Waals surface area contributed by atoms with E-state index in [2.05, 4.69) is 10.4 Å². The fourth-order valence-electron chi connectivity index (χ4n) is 2.70. The molecule has 1 aliphatic heterocycles. The van der Waals surface area contributed by atoms with Gasteiger partial charge in [0, 0.05) is 0 Å². The number of amidine groups is 1. The first-order valence-electron chi connectivity index (χ1n) is 8.32. The molecule has 1 saturated heterocycles. The van der Waals surface area contributed by atoms with Crippen molar-refractivity contribution in [3.63, 3.8) is 0 Å². The Morgan fingerprint density at radius 2 is 1.38 bits per heavy atom. The molecule has 26 heavy (non-hydrogen) atoms. The number of benzene rings is 3. The summed E-state index contributed by atoms with van der Waals surface area (Å²) in [5.41, 5.74) is 4.57. The maximum absolute atomic E-state index is 13.0. The molecular weight excluding hydrogens is 326 g/mol. The molecule has 0 aliphatic carbocycles. The lowest BCUT2D eigenvalue weighted by atomic mass is 10.2. The predicted octanol–water partition coefficient (Wildman–Crippen LogP) is 3.72. The number of nitrogens with one attached hydrogen (secondary N) is 1. The van der Waals surface area contributed by atoms with Crippen molar-refractivity contribution in [2.45, 2.75) is 6.10 Å². The molecule has 0 bridgehead atoms. The lowest BCUT2D eigenvalue weighted by Gasteiger charge is -2.15. The summed E-state index contributed by atoms with van der Waals surface area (Å²) >= 11 is 0. The molecular formula is C21H17N3O2. The molecule has 1 atom stereocenters. The fourth-order valence-corrected chi connectivity index (χ4v) is 2.70. The van der Waals surface area contributed by atoms with E-state index in [0.29, 0.717) is 11.6 Å². The highest BCUT2D eigenvalue weighted by atomic mass is 16.5. The maximum Gasteiger partial charge on any atom is 0.294 e. The summed E-state index contributed by atoms with van der Waals surface area (Å²) in [6.45, 7) is 0. The number of para-hydroxylation sites is 3. The van der Waals surface area contributed by atoms with Crippen molar-refractivity contribution in [3.8, 4) is 5.75 Å². The zero-order valence-electron chi connectivity index (χ0n) is 13.9. The van der Waals surface area contributed by atoms with Crippen LogP contribution in [0.15, 0.2) is 96.0 Å². The Kier molecular flexibility index (Phi) is 4.35. The molecule has 3 aromatic rings. The molecule has 0 saturated carbocycles. The van der Waals surface area contributed by atoms with Crippen LogP contribution in [0.5, 0.6) is 5.75 Å². The highest BCUT2D eigenvalue weighted by molar-refractivity contribution is 6.19. The SMILES string of the molecule is O=C1C(Oc2ccccc2)C(=Nc2ccccc2)NN1c1ccccc1. The fraction of sp³-hybridized carbons (Fsp3) is 0.0476. The summed E-state index contributed by atoms with van der Waals surface area (Å²) in [4.78, 5) is 17.5. The van der Waals surface area contributed by atoms with E-state index >= 15 is 0 Å². The quantitative estimate of drug-likeness (QED) is 0.785. The lowest BCUT2D eigenvalue weighted by molar-refractivity contribution is -0.121. The first kappa shape index (κ1) is 15.9. The van der Waals surface area contributed by atoms with Crippen LogP contribution in [-0.2, 0) is 4.79 Å². The molecule has 1 amide bonds. The Morgan fingerprint density at radius 3 is 2.04 bits per heavy atom. The number of carbonyl (C=O) groups excluding carboxylic acids is 1. The van der Waals surface area contributed by atoms with Gasteiger partial charge in [-0.25, -0.2) is 10.0 Å². The van der Waals surface area contributed by atoms with Crippen molar-refractivity contribution in [1.82, 2.24) is 5.43 Å². The van der Waals surface area contributed by atoms with Crippen LogP contribution in [0.4, 0.5) is 11.4 Å². The Balaban J connectivity index is 1.69. The van der Waals surface area contributed by atoms with E-state index in [4.69, 9.17) is 4.74 Å². The minimum Gasteiger partial charge on any atom is -0.472 e. The Bertz CT molecular complexity index is 912. The van der Waals surface area contributed by atoms with Gasteiger partial charge >= 0.3 is 0 Å². The highest BCUT2D eigenvalue weighted by Crippen LogP contribution is 2.22. The number of ether oxygens (including phenoxy) is 1. The molecule has 4 rings (SSSR count). The van der Waals surface area contributed by atoms with Crippen LogP contribution in [0.25, 0.3) is 0 Å². The van der Waals surface area contributed by atoms with E-state index in [1.807, 2.05) is 91.0 Å². The monoisotopic (exact) mass is 343 g/mol. The van der Waals surface area contributed by atoms with Crippen LogP contribution in [0.2, 0.25) is 0 Å². The second-order valence-corrected chi connectivity index (χ2v) is 5.76. The van der Waals surface area contributed by atoms with E-state index < -0.39 is 6.10 Å². The van der Waals surface area contributed by atoms with Crippen molar-refractivity contribution in [2.75, 3.05) is 5.01 Å². The molecule has 128 valence electrons. The molecule has 3 aromatic carbocycles. The van der Waals surface area contributed by atoms with Gasteiger partial charge in [-0.15, -0.1) is 0 Å². The van der Waals surface area contributed by atoms with Gasteiger partial charge in [-0.3, -0.25) is 10.2 Å². The molecule has 1 unspecified atom stereocenters. The number of carbonyl (C=O) groups is 1. The number of hydrogen-bond donors (Lipinski definition) is 1. The van der Waals surface area contributed by atoms with Gasteiger partial charge in [-0.1, -0.05) is 54.6 Å². The van der Waals surface area contributed by atoms with Crippen molar-refractivity contribution < 1.29 is 9.53 Å². The van der Waals surface area contributed by atoms with Crippen LogP contribution in [0.1, 0.15) is 0 Å². The Morgan fingerprint density at radius 1 is 0.808 bits per heavy atom. The van der Waals surface area contributed by atoms with Gasteiger partial charge in [0.05, 0.1) is 11.4 Å². The van der Waals surface area contributed by atoms with Crippen molar-refractivity contribution in [2.24, 2.45) is 4.99 Å². The predicted molar refractivity (Wildman–Crippen MR) is 101 cm³/mol. The van der Waals surface area contributed by atoms with E-state index in [-0.39, 0.29) is 5.91 Å². The molecule has 1 heterocycles. The van der Waals surface area contributed by atoms with Crippen molar-refractivity contribution >= 4 is 23.1 Å². The normalized spacial score (nSPS) is 18.0. The lowest BCUT2D eigenvalue weighted by Crippen LogP contribution is -2.36. The van der Waals surface area contributed by atoms with Crippen LogP contribution >= 0.6 is 0 Å². The minimum atomic E-state index is -0.835. The summed E-state index contributed by atoms with van der Waals surface area (Å²) in [6.07, 6.45) is -0.835. The van der Waals surface area contributed by atoms with Crippen LogP contribution in [0, 0.1) is 0 Å². The zero-order valence-corrected chi connectivity index (χ0v) is 13.9. The number of anilines is 1. The average molecular weight is 343 g/mol. The van der Waals surface area contributed by atoms with Gasteiger partial charge < -0.3 is 4.74 Å². The van der Waals surface area contributed by atoms with E-state index in [1.54, 1.807) is 0 Å². The molecule has 5 nitrogen and oxygen atoms in total. The molecule has 1 aliphatic rings. The van der Waals surface area contributed by atoms with E-state index in [1.165, 1.54) is 5.01 Å². The highest BCUT2D eigenvalue weighted by Gasteiger charge is 2.40. The summed E-state index contributed by atoms with van der Waals surface area (Å²) in [5.74, 6) is 0.854.